The van der Waals surface area contributed by atoms with Gasteiger partial charge >= 0.3 is 0 Å². The normalized spacial score (nSPS) is 20.6. The zero-order chi connectivity index (χ0) is 22.7. The number of piperidine rings is 1. The van der Waals surface area contributed by atoms with Gasteiger partial charge in [-0.1, -0.05) is 44.2 Å². The number of thiocarbonyl (C=S) groups is 1. The lowest BCUT2D eigenvalue weighted by Crippen LogP contribution is -2.40. The third kappa shape index (κ3) is 4.58. The van der Waals surface area contributed by atoms with Gasteiger partial charge in [0.15, 0.2) is 0 Å². The summed E-state index contributed by atoms with van der Waals surface area (Å²) in [6.07, 6.45) is 5.94. The minimum Gasteiger partial charge on any atom is -0.357 e. The Morgan fingerprint density at radius 1 is 1.32 bits per heavy atom. The highest BCUT2D eigenvalue weighted by atomic mass is 32.2. The lowest BCUT2D eigenvalue weighted by atomic mass is 9.98. The third-order valence-electron chi connectivity index (χ3n) is 6.00. The first-order valence-electron chi connectivity index (χ1n) is 11.0. The molecule has 0 bridgehead atoms. The first-order valence-corrected chi connectivity index (χ1v) is 12.2. The van der Waals surface area contributed by atoms with Gasteiger partial charge in [0.2, 0.25) is 0 Å². The summed E-state index contributed by atoms with van der Waals surface area (Å²) in [6.45, 7) is 10.8. The Bertz CT molecular complexity index is 1020. The minimum atomic E-state index is -0.261. The smallest absolute Gasteiger partial charge is 0.270 e. The van der Waals surface area contributed by atoms with E-state index in [2.05, 4.69) is 24.8 Å². The van der Waals surface area contributed by atoms with Crippen molar-refractivity contribution < 1.29 is 4.79 Å². The number of pyridine rings is 1. The van der Waals surface area contributed by atoms with E-state index in [4.69, 9.17) is 12.2 Å². The fourth-order valence-corrected chi connectivity index (χ4v) is 5.59. The van der Waals surface area contributed by atoms with Crippen molar-refractivity contribution in [1.29, 1.82) is 5.26 Å². The summed E-state index contributed by atoms with van der Waals surface area (Å²) in [4.78, 5) is 30.6. The number of carbonyl (C=O) groups is 1. The van der Waals surface area contributed by atoms with Gasteiger partial charge in [0, 0.05) is 31.7 Å². The largest absolute Gasteiger partial charge is 0.357 e. The Morgan fingerprint density at radius 3 is 2.68 bits per heavy atom. The standard InChI is InChI=1S/C23H30N4O2S2/c1-5-7-11-27-22(29)19(31-23(27)30)12-17-16(4)18(13-24)21(28)26(6-2)20(17)25-10-8-9-15(3)14-25/h12,15H,5-11,14H2,1-4H3. The summed E-state index contributed by atoms with van der Waals surface area (Å²) in [5.41, 5.74) is 1.29. The number of amides is 1. The topological polar surface area (TPSA) is 69.3 Å². The van der Waals surface area contributed by atoms with Gasteiger partial charge in [0.25, 0.3) is 11.5 Å². The maximum Gasteiger partial charge on any atom is 0.270 e. The number of nitrogens with zero attached hydrogens (tertiary/aromatic N) is 4. The maximum absolute atomic E-state index is 13.1. The van der Waals surface area contributed by atoms with E-state index in [1.807, 2.05) is 13.0 Å². The SMILES string of the molecule is CCCCN1C(=O)C(=Cc2c(C)c(C#N)c(=O)n(CC)c2N2CCCC(C)C2)SC1=S. The Balaban J connectivity index is 2.18. The second kappa shape index (κ2) is 10.0. The molecule has 6 nitrogen and oxygen atoms in total. The fraction of sp³-hybridized carbons (Fsp3) is 0.565. The first-order chi connectivity index (χ1) is 14.8. The molecule has 1 atom stereocenters. The molecule has 2 aliphatic rings. The molecule has 8 heteroatoms. The Kier molecular flexibility index (Phi) is 7.60. The van der Waals surface area contributed by atoms with E-state index in [1.54, 1.807) is 16.4 Å². The van der Waals surface area contributed by atoms with Gasteiger partial charge in [-0.05, 0) is 50.7 Å². The molecular weight excluding hydrogens is 428 g/mol. The lowest BCUT2D eigenvalue weighted by molar-refractivity contribution is -0.122. The average Bonchev–Trinajstić information content (AvgIpc) is 3.01. The van der Waals surface area contributed by atoms with Gasteiger partial charge in [-0.25, -0.2) is 0 Å². The number of hydrogen-bond acceptors (Lipinski definition) is 6. The quantitative estimate of drug-likeness (QED) is 0.468. The lowest BCUT2D eigenvalue weighted by Gasteiger charge is -2.35. The van der Waals surface area contributed by atoms with Crippen molar-refractivity contribution in [3.63, 3.8) is 0 Å². The van der Waals surface area contributed by atoms with Crippen LogP contribution in [0.5, 0.6) is 0 Å². The average molecular weight is 459 g/mol. The molecule has 0 radical (unpaired) electrons. The van der Waals surface area contributed by atoms with E-state index >= 15 is 0 Å². The first kappa shape index (κ1) is 23.6. The molecule has 0 aliphatic carbocycles. The van der Waals surface area contributed by atoms with E-state index in [9.17, 15) is 14.9 Å². The van der Waals surface area contributed by atoms with Crippen LogP contribution in [0, 0.1) is 24.2 Å². The van der Waals surface area contributed by atoms with Crippen LogP contribution >= 0.6 is 24.0 Å². The minimum absolute atomic E-state index is 0.0893. The second-order valence-corrected chi connectivity index (χ2v) is 9.95. The third-order valence-corrected chi connectivity index (χ3v) is 7.38. The van der Waals surface area contributed by atoms with Crippen LogP contribution in [0.1, 0.15) is 63.1 Å². The molecule has 0 spiro atoms. The summed E-state index contributed by atoms with van der Waals surface area (Å²) in [6, 6.07) is 2.09. The van der Waals surface area contributed by atoms with Crippen molar-refractivity contribution in [3.05, 3.63) is 31.9 Å². The van der Waals surface area contributed by atoms with Crippen molar-refractivity contribution in [3.8, 4) is 6.07 Å². The number of carbonyl (C=O) groups excluding carboxylic acids is 1. The number of nitriles is 1. The highest BCUT2D eigenvalue weighted by molar-refractivity contribution is 8.26. The molecule has 0 saturated carbocycles. The van der Waals surface area contributed by atoms with E-state index in [0.29, 0.717) is 33.8 Å². The molecule has 0 N–H and O–H groups in total. The van der Waals surface area contributed by atoms with Crippen LogP contribution in [-0.4, -0.2) is 39.3 Å². The number of rotatable bonds is 6. The summed E-state index contributed by atoms with van der Waals surface area (Å²) in [5.74, 6) is 1.24. The molecular formula is C23H30N4O2S2. The van der Waals surface area contributed by atoms with Crippen LogP contribution in [0.4, 0.5) is 5.82 Å². The Morgan fingerprint density at radius 2 is 2.06 bits per heavy atom. The predicted molar refractivity (Wildman–Crippen MR) is 131 cm³/mol. The molecule has 2 fully saturated rings. The molecule has 3 heterocycles. The summed E-state index contributed by atoms with van der Waals surface area (Å²) < 4.78 is 2.26. The maximum atomic E-state index is 13.1. The monoisotopic (exact) mass is 458 g/mol. The van der Waals surface area contributed by atoms with Gasteiger partial charge in [-0.15, -0.1) is 0 Å². The number of thioether (sulfide) groups is 1. The number of hydrogen-bond donors (Lipinski definition) is 0. The Labute approximate surface area is 193 Å². The molecule has 1 aromatic rings. The second-order valence-electron chi connectivity index (χ2n) is 8.28. The van der Waals surface area contributed by atoms with E-state index < -0.39 is 0 Å². The van der Waals surface area contributed by atoms with Crippen molar-refractivity contribution in [2.24, 2.45) is 5.92 Å². The molecule has 1 amide bonds. The van der Waals surface area contributed by atoms with Crippen molar-refractivity contribution >= 4 is 46.1 Å². The zero-order valence-electron chi connectivity index (χ0n) is 18.7. The molecule has 3 rings (SSSR count). The van der Waals surface area contributed by atoms with Crippen LogP contribution in [0.25, 0.3) is 6.08 Å². The summed E-state index contributed by atoms with van der Waals surface area (Å²) in [5, 5.41) is 9.68. The van der Waals surface area contributed by atoms with Gasteiger partial charge in [0.1, 0.15) is 21.8 Å². The van der Waals surface area contributed by atoms with Gasteiger partial charge < -0.3 is 4.90 Å². The molecule has 2 aliphatic heterocycles. The van der Waals surface area contributed by atoms with Crippen molar-refractivity contribution in [2.45, 2.75) is 59.9 Å². The summed E-state index contributed by atoms with van der Waals surface area (Å²) >= 11 is 6.76. The Hall–Kier alpha value is -2.11. The molecule has 1 aromatic heterocycles. The van der Waals surface area contributed by atoms with Crippen LogP contribution in [0.3, 0.4) is 0 Å². The summed E-state index contributed by atoms with van der Waals surface area (Å²) in [7, 11) is 0. The van der Waals surface area contributed by atoms with Gasteiger partial charge in [-0.2, -0.15) is 5.26 Å². The predicted octanol–water partition coefficient (Wildman–Crippen LogP) is 4.29. The number of aromatic nitrogens is 1. The highest BCUT2D eigenvalue weighted by Crippen LogP contribution is 2.36. The van der Waals surface area contributed by atoms with E-state index in [1.165, 1.54) is 11.8 Å². The number of anilines is 1. The van der Waals surface area contributed by atoms with Crippen LogP contribution in [0.15, 0.2) is 9.70 Å². The zero-order valence-corrected chi connectivity index (χ0v) is 20.4. The van der Waals surface area contributed by atoms with Crippen molar-refractivity contribution in [2.75, 3.05) is 24.5 Å². The van der Waals surface area contributed by atoms with E-state index in [-0.39, 0.29) is 17.0 Å². The van der Waals surface area contributed by atoms with Gasteiger partial charge in [-0.3, -0.25) is 19.1 Å². The van der Waals surface area contributed by atoms with Crippen molar-refractivity contribution in [1.82, 2.24) is 9.47 Å². The number of unbranched alkanes of at least 4 members (excludes halogenated alkanes) is 1. The molecule has 31 heavy (non-hydrogen) atoms. The van der Waals surface area contributed by atoms with E-state index in [0.717, 1.165) is 50.2 Å². The molecule has 166 valence electrons. The van der Waals surface area contributed by atoms with Crippen LogP contribution in [-0.2, 0) is 11.3 Å². The molecule has 1 unspecified atom stereocenters. The van der Waals surface area contributed by atoms with Crippen LogP contribution < -0.4 is 10.5 Å². The fourth-order valence-electron chi connectivity index (χ4n) is 4.30. The highest BCUT2D eigenvalue weighted by Gasteiger charge is 2.33. The van der Waals surface area contributed by atoms with Crippen LogP contribution in [0.2, 0.25) is 0 Å². The van der Waals surface area contributed by atoms with Gasteiger partial charge in [0.05, 0.1) is 4.91 Å². The molecule has 2 saturated heterocycles. The molecule has 0 aromatic carbocycles.